The van der Waals surface area contributed by atoms with Crippen molar-refractivity contribution in [3.05, 3.63) is 24.3 Å². The van der Waals surface area contributed by atoms with Crippen LogP contribution in [0.25, 0.3) is 0 Å². The first-order valence-corrected chi connectivity index (χ1v) is 6.61. The van der Waals surface area contributed by atoms with Crippen molar-refractivity contribution in [2.75, 3.05) is 0 Å². The van der Waals surface area contributed by atoms with Crippen molar-refractivity contribution in [2.24, 2.45) is 17.3 Å². The van der Waals surface area contributed by atoms with Crippen LogP contribution in [-0.4, -0.2) is 28.6 Å². The van der Waals surface area contributed by atoms with Crippen molar-refractivity contribution in [3.8, 4) is 0 Å². The molecule has 4 nitrogen and oxygen atoms in total. The van der Waals surface area contributed by atoms with Gasteiger partial charge in [-0.25, -0.2) is 4.79 Å². The summed E-state index contributed by atoms with van der Waals surface area (Å²) in [5.74, 6) is -0.877. The molecule has 4 heteroatoms. The van der Waals surface area contributed by atoms with Crippen LogP contribution in [0, 0.1) is 17.3 Å². The maximum atomic E-state index is 11.8. The van der Waals surface area contributed by atoms with E-state index in [0.717, 1.165) is 0 Å². The normalized spacial score (nSPS) is 48.8. The molecule has 0 radical (unpaired) electrons. The Hall–Kier alpha value is -1.42. The number of allylic oxidation sites excluding steroid dienone is 3. The Morgan fingerprint density at radius 1 is 1.42 bits per heavy atom. The zero-order valence-corrected chi connectivity index (χ0v) is 11.2. The Kier molecular flexibility index (Phi) is 2.37. The molecule has 3 aliphatic rings. The van der Waals surface area contributed by atoms with Crippen LogP contribution in [-0.2, 0) is 14.3 Å². The topological polar surface area (TPSA) is 63.6 Å². The van der Waals surface area contributed by atoms with Gasteiger partial charge in [0, 0.05) is 5.92 Å². The summed E-state index contributed by atoms with van der Waals surface area (Å²) in [5, 5.41) is 10.3. The quantitative estimate of drug-likeness (QED) is 0.529. The van der Waals surface area contributed by atoms with Gasteiger partial charge >= 0.3 is 5.97 Å². The second-order valence-electron chi connectivity index (χ2n) is 6.42. The molecule has 3 unspecified atom stereocenters. The molecule has 0 aromatic heterocycles. The van der Waals surface area contributed by atoms with Crippen LogP contribution in [0.4, 0.5) is 0 Å². The Morgan fingerprint density at radius 3 is 2.79 bits per heavy atom. The van der Waals surface area contributed by atoms with Gasteiger partial charge < -0.3 is 9.84 Å². The summed E-state index contributed by atoms with van der Waals surface area (Å²) >= 11 is 0. The van der Waals surface area contributed by atoms with Gasteiger partial charge in [-0.05, 0) is 42.7 Å². The molecule has 0 bridgehead atoms. The van der Waals surface area contributed by atoms with Crippen LogP contribution in [0.1, 0.15) is 26.7 Å². The molecule has 19 heavy (non-hydrogen) atoms. The fourth-order valence-electron chi connectivity index (χ4n) is 3.79. The predicted molar refractivity (Wildman–Crippen MR) is 68.1 cm³/mol. The van der Waals surface area contributed by atoms with Crippen LogP contribution >= 0.6 is 0 Å². The number of carbonyl (C=O) groups is 2. The van der Waals surface area contributed by atoms with E-state index in [-0.39, 0.29) is 29.1 Å². The van der Waals surface area contributed by atoms with Crippen molar-refractivity contribution in [2.45, 2.75) is 38.4 Å². The molecular weight excluding hydrogens is 244 g/mol. The summed E-state index contributed by atoms with van der Waals surface area (Å²) in [6.07, 6.45) is 4.40. The minimum Gasteiger partial charge on any atom is -0.460 e. The first kappa shape index (κ1) is 12.6. The average Bonchev–Trinajstić information content (AvgIpc) is 2.53. The van der Waals surface area contributed by atoms with E-state index >= 15 is 0 Å². The molecule has 1 aliphatic heterocycles. The van der Waals surface area contributed by atoms with Crippen molar-refractivity contribution < 1.29 is 19.4 Å². The number of carbonyl (C=O) groups excluding carboxylic acids is 2. The van der Waals surface area contributed by atoms with E-state index in [4.69, 9.17) is 4.74 Å². The lowest BCUT2D eigenvalue weighted by Crippen LogP contribution is -2.48. The molecule has 0 amide bonds. The van der Waals surface area contributed by atoms with E-state index in [1.807, 2.05) is 6.08 Å². The number of esters is 1. The molecule has 0 aromatic carbocycles. The zero-order chi connectivity index (χ0) is 14.0. The molecule has 3 rings (SSSR count). The predicted octanol–water partition coefficient (Wildman–Crippen LogP) is 1.39. The minimum absolute atomic E-state index is 0.0211. The van der Waals surface area contributed by atoms with E-state index in [1.165, 1.54) is 6.92 Å². The molecule has 1 heterocycles. The Balaban J connectivity index is 1.99. The molecule has 1 N–H and O–H groups in total. The highest BCUT2D eigenvalue weighted by atomic mass is 16.6. The van der Waals surface area contributed by atoms with Gasteiger partial charge in [0.2, 0.25) is 0 Å². The number of rotatable bonds is 0. The molecular formula is C15H18O4. The summed E-state index contributed by atoms with van der Waals surface area (Å²) < 4.78 is 5.32. The van der Waals surface area contributed by atoms with Gasteiger partial charge in [0.05, 0.1) is 0 Å². The SMILES string of the molecule is C=C1C(=O)C=C[C@]2(C)CC3OC(=O)[C@](C)(O)C3CC12. The zero-order valence-electron chi connectivity index (χ0n) is 11.2. The largest absolute Gasteiger partial charge is 0.460 e. The van der Waals surface area contributed by atoms with Gasteiger partial charge in [0.1, 0.15) is 6.10 Å². The molecule has 1 saturated carbocycles. The Labute approximate surface area is 112 Å². The van der Waals surface area contributed by atoms with E-state index < -0.39 is 11.6 Å². The third kappa shape index (κ3) is 1.56. The van der Waals surface area contributed by atoms with E-state index in [1.54, 1.807) is 6.08 Å². The van der Waals surface area contributed by atoms with Gasteiger partial charge in [0.25, 0.3) is 0 Å². The first-order chi connectivity index (χ1) is 8.75. The second-order valence-corrected chi connectivity index (χ2v) is 6.42. The third-order valence-corrected chi connectivity index (χ3v) is 5.12. The molecule has 2 fully saturated rings. The smallest absolute Gasteiger partial charge is 0.338 e. The van der Waals surface area contributed by atoms with Crippen molar-refractivity contribution in [1.29, 1.82) is 0 Å². The first-order valence-electron chi connectivity index (χ1n) is 6.61. The molecule has 5 atom stereocenters. The molecule has 2 aliphatic carbocycles. The summed E-state index contributed by atoms with van der Waals surface area (Å²) in [5.41, 5.74) is -1.08. The summed E-state index contributed by atoms with van der Waals surface area (Å²) in [6, 6.07) is 0. The van der Waals surface area contributed by atoms with Crippen LogP contribution in [0.5, 0.6) is 0 Å². The van der Waals surface area contributed by atoms with Gasteiger partial charge in [-0.2, -0.15) is 0 Å². The lowest BCUT2D eigenvalue weighted by atomic mass is 9.57. The van der Waals surface area contributed by atoms with Crippen molar-refractivity contribution >= 4 is 11.8 Å². The van der Waals surface area contributed by atoms with Crippen LogP contribution in [0.15, 0.2) is 24.3 Å². The van der Waals surface area contributed by atoms with E-state index in [9.17, 15) is 14.7 Å². The molecule has 0 spiro atoms. The summed E-state index contributed by atoms with van der Waals surface area (Å²) in [6.45, 7) is 7.46. The van der Waals surface area contributed by atoms with Crippen LogP contribution in [0.2, 0.25) is 0 Å². The summed E-state index contributed by atoms with van der Waals surface area (Å²) in [4.78, 5) is 23.5. The van der Waals surface area contributed by atoms with Crippen molar-refractivity contribution in [1.82, 2.24) is 0 Å². The van der Waals surface area contributed by atoms with Gasteiger partial charge in [0.15, 0.2) is 11.4 Å². The second kappa shape index (κ2) is 3.57. The minimum atomic E-state index is -1.45. The Morgan fingerprint density at radius 2 is 2.11 bits per heavy atom. The fourth-order valence-corrected chi connectivity index (χ4v) is 3.79. The third-order valence-electron chi connectivity index (χ3n) is 5.12. The standard InChI is InChI=1S/C15H18O4/c1-8-9-6-10-12(19-13(17)15(10,3)18)7-14(9,2)5-4-11(8)16/h4-5,9-10,12,18H,1,6-7H2,2-3H3/t9?,10?,12?,14-,15-/m1/s1. The van der Waals surface area contributed by atoms with E-state index in [2.05, 4.69) is 13.5 Å². The summed E-state index contributed by atoms with van der Waals surface area (Å²) in [7, 11) is 0. The highest BCUT2D eigenvalue weighted by molar-refractivity contribution is 6.05. The molecule has 1 saturated heterocycles. The lowest BCUT2D eigenvalue weighted by molar-refractivity contribution is -0.154. The highest BCUT2D eigenvalue weighted by Crippen LogP contribution is 2.54. The molecule has 102 valence electrons. The Bertz CT molecular complexity index is 516. The van der Waals surface area contributed by atoms with Crippen molar-refractivity contribution in [3.63, 3.8) is 0 Å². The monoisotopic (exact) mass is 262 g/mol. The van der Waals surface area contributed by atoms with Crippen LogP contribution < -0.4 is 0 Å². The number of aliphatic hydroxyl groups is 1. The lowest BCUT2D eigenvalue weighted by Gasteiger charge is -2.47. The van der Waals surface area contributed by atoms with Gasteiger partial charge in [-0.3, -0.25) is 4.79 Å². The maximum absolute atomic E-state index is 11.8. The van der Waals surface area contributed by atoms with E-state index in [0.29, 0.717) is 18.4 Å². The average molecular weight is 262 g/mol. The van der Waals surface area contributed by atoms with Gasteiger partial charge in [-0.15, -0.1) is 0 Å². The number of ether oxygens (including phenoxy) is 1. The highest BCUT2D eigenvalue weighted by Gasteiger charge is 2.60. The van der Waals surface area contributed by atoms with Gasteiger partial charge in [-0.1, -0.05) is 19.6 Å². The number of hydrogen-bond acceptors (Lipinski definition) is 4. The molecule has 0 aromatic rings. The number of fused-ring (bicyclic) bond motifs is 2. The maximum Gasteiger partial charge on any atom is 0.338 e. The number of hydrogen-bond donors (Lipinski definition) is 1. The number of ketones is 1. The fraction of sp³-hybridized carbons (Fsp3) is 0.600. The van der Waals surface area contributed by atoms with Crippen LogP contribution in [0.3, 0.4) is 0 Å².